The quantitative estimate of drug-likeness (QED) is 0.320. The second-order valence-corrected chi connectivity index (χ2v) is 8.76. The molecule has 0 N–H and O–H groups in total. The van der Waals surface area contributed by atoms with Crippen LogP contribution in [0.25, 0.3) is 38.8 Å². The van der Waals surface area contributed by atoms with Gasteiger partial charge in [0.15, 0.2) is 0 Å². The molecular weight excluding hydrogens is 468 g/mol. The molecule has 0 aliphatic rings. The first-order valence-electron chi connectivity index (χ1n) is 11.3. The fraction of sp³-hybridized carbons (Fsp3) is 0.231. The van der Waals surface area contributed by atoms with E-state index >= 15 is 0 Å². The van der Waals surface area contributed by atoms with Gasteiger partial charge < -0.3 is 9.47 Å². The van der Waals surface area contributed by atoms with Crippen LogP contribution in [0.2, 0.25) is 0 Å². The summed E-state index contributed by atoms with van der Waals surface area (Å²) < 4.78 is 38.5. The van der Waals surface area contributed by atoms with Crippen molar-refractivity contribution in [3.8, 4) is 28.4 Å². The normalized spacial score (nSPS) is 11.6. The molecule has 0 saturated heterocycles. The van der Waals surface area contributed by atoms with E-state index in [4.69, 9.17) is 4.74 Å². The van der Waals surface area contributed by atoms with Gasteiger partial charge in [0.2, 0.25) is 5.88 Å². The second kappa shape index (κ2) is 9.37. The van der Waals surface area contributed by atoms with Gasteiger partial charge in [-0.1, -0.05) is 26.0 Å². The first-order chi connectivity index (χ1) is 17.3. The average Bonchev–Trinajstić information content (AvgIpc) is 3.22. The molecular formula is C26H23F2N5O3. The predicted octanol–water partition coefficient (Wildman–Crippen LogP) is 4.97. The van der Waals surface area contributed by atoms with Gasteiger partial charge in [0.25, 0.3) is 5.56 Å². The molecule has 0 bridgehead atoms. The molecule has 2 aromatic carbocycles. The highest BCUT2D eigenvalue weighted by Gasteiger charge is 2.18. The standard InChI is InChI=1S/C26H23F2N5O3/c1-15(2)14-35-22-11-10-21-24(29-22)23(16-4-7-19(8-5-16)36-26(27)28)25(34)33(31-21)18-6-9-20-17(12-18)13-32(3)30-20/h4-13,15,26H,14H2,1-3H3. The van der Waals surface area contributed by atoms with E-state index in [1.54, 1.807) is 35.0 Å². The van der Waals surface area contributed by atoms with E-state index in [9.17, 15) is 13.6 Å². The van der Waals surface area contributed by atoms with Crippen molar-refractivity contribution < 1.29 is 18.3 Å². The fourth-order valence-corrected chi connectivity index (χ4v) is 3.90. The molecule has 0 aliphatic carbocycles. The van der Waals surface area contributed by atoms with Crippen LogP contribution in [0, 0.1) is 5.92 Å². The number of ether oxygens (including phenoxy) is 2. The summed E-state index contributed by atoms with van der Waals surface area (Å²) in [7, 11) is 1.82. The van der Waals surface area contributed by atoms with Gasteiger partial charge in [-0.2, -0.15) is 23.7 Å². The Hall–Kier alpha value is -4.34. The van der Waals surface area contributed by atoms with Crippen molar-refractivity contribution in [1.29, 1.82) is 0 Å². The van der Waals surface area contributed by atoms with Crippen LogP contribution in [0.1, 0.15) is 13.8 Å². The van der Waals surface area contributed by atoms with Gasteiger partial charge >= 0.3 is 6.61 Å². The molecule has 0 atom stereocenters. The molecule has 3 aromatic heterocycles. The number of fused-ring (bicyclic) bond motifs is 2. The van der Waals surface area contributed by atoms with Crippen LogP contribution in [0.5, 0.6) is 11.6 Å². The summed E-state index contributed by atoms with van der Waals surface area (Å²) in [5.74, 6) is 0.645. The molecule has 0 unspecified atom stereocenters. The zero-order valence-electron chi connectivity index (χ0n) is 19.9. The van der Waals surface area contributed by atoms with E-state index in [0.29, 0.717) is 34.8 Å². The van der Waals surface area contributed by atoms with Gasteiger partial charge in [0, 0.05) is 24.7 Å². The van der Waals surface area contributed by atoms with Gasteiger partial charge in [0.1, 0.15) is 16.8 Å². The topological polar surface area (TPSA) is 84.1 Å². The molecule has 0 aliphatic heterocycles. The van der Waals surface area contributed by atoms with Crippen LogP contribution in [0.15, 0.2) is 65.6 Å². The number of hydrogen-bond donors (Lipinski definition) is 0. The van der Waals surface area contributed by atoms with Crippen LogP contribution in [-0.4, -0.2) is 37.8 Å². The molecule has 10 heteroatoms. The number of halogens is 2. The Labute approximate surface area is 204 Å². The maximum absolute atomic E-state index is 13.8. The van der Waals surface area contributed by atoms with Gasteiger partial charge in [-0.15, -0.1) is 0 Å². The molecule has 0 saturated carbocycles. The van der Waals surface area contributed by atoms with Gasteiger partial charge in [-0.25, -0.2) is 4.98 Å². The van der Waals surface area contributed by atoms with Crippen LogP contribution in [-0.2, 0) is 7.05 Å². The van der Waals surface area contributed by atoms with Crippen LogP contribution < -0.4 is 15.0 Å². The third-order valence-electron chi connectivity index (χ3n) is 5.48. The highest BCUT2D eigenvalue weighted by Crippen LogP contribution is 2.28. The Morgan fingerprint density at radius 3 is 2.44 bits per heavy atom. The van der Waals surface area contributed by atoms with E-state index in [1.165, 1.54) is 16.8 Å². The van der Waals surface area contributed by atoms with Crippen molar-refractivity contribution >= 4 is 21.9 Å². The Morgan fingerprint density at radius 2 is 1.72 bits per heavy atom. The minimum Gasteiger partial charge on any atom is -0.477 e. The smallest absolute Gasteiger partial charge is 0.387 e. The minimum absolute atomic E-state index is 0.0108. The number of aryl methyl sites for hydroxylation is 1. The monoisotopic (exact) mass is 491 g/mol. The Balaban J connectivity index is 1.70. The third kappa shape index (κ3) is 4.61. The number of alkyl halides is 2. The number of hydrogen-bond acceptors (Lipinski definition) is 6. The van der Waals surface area contributed by atoms with Crippen LogP contribution >= 0.6 is 0 Å². The number of benzene rings is 2. The number of aromatic nitrogens is 5. The molecule has 36 heavy (non-hydrogen) atoms. The predicted molar refractivity (Wildman–Crippen MR) is 132 cm³/mol. The number of rotatable bonds is 7. The summed E-state index contributed by atoms with van der Waals surface area (Å²) in [6.07, 6.45) is 1.85. The molecule has 0 radical (unpaired) electrons. The third-order valence-corrected chi connectivity index (χ3v) is 5.48. The largest absolute Gasteiger partial charge is 0.477 e. The van der Waals surface area contributed by atoms with Gasteiger partial charge in [-0.05, 0) is 47.9 Å². The van der Waals surface area contributed by atoms with Crippen molar-refractivity contribution in [3.05, 3.63) is 71.1 Å². The van der Waals surface area contributed by atoms with E-state index < -0.39 is 12.2 Å². The van der Waals surface area contributed by atoms with Gasteiger partial charge in [-0.3, -0.25) is 9.48 Å². The Kier molecular flexibility index (Phi) is 6.09. The van der Waals surface area contributed by atoms with Gasteiger partial charge in [0.05, 0.1) is 23.4 Å². The Morgan fingerprint density at radius 1 is 0.972 bits per heavy atom. The Bertz CT molecular complexity index is 1610. The molecule has 3 heterocycles. The zero-order valence-corrected chi connectivity index (χ0v) is 19.9. The van der Waals surface area contributed by atoms with Crippen molar-refractivity contribution in [1.82, 2.24) is 24.5 Å². The molecule has 8 nitrogen and oxygen atoms in total. The van der Waals surface area contributed by atoms with Crippen LogP contribution in [0.4, 0.5) is 8.78 Å². The van der Waals surface area contributed by atoms with E-state index in [0.717, 1.165) is 10.9 Å². The number of pyridine rings is 1. The molecule has 5 rings (SSSR count). The SMILES string of the molecule is CC(C)COc1ccc2nn(-c3ccc4nn(C)cc4c3)c(=O)c(-c3ccc(OC(F)F)cc3)c2n1. The molecule has 0 fully saturated rings. The second-order valence-electron chi connectivity index (χ2n) is 8.76. The molecule has 184 valence electrons. The summed E-state index contributed by atoms with van der Waals surface area (Å²) in [6, 6.07) is 14.7. The molecule has 0 spiro atoms. The zero-order chi connectivity index (χ0) is 25.4. The molecule has 5 aromatic rings. The van der Waals surface area contributed by atoms with Crippen molar-refractivity contribution in [3.63, 3.8) is 0 Å². The summed E-state index contributed by atoms with van der Waals surface area (Å²) >= 11 is 0. The van der Waals surface area contributed by atoms with Crippen molar-refractivity contribution in [2.45, 2.75) is 20.5 Å². The van der Waals surface area contributed by atoms with Crippen molar-refractivity contribution in [2.75, 3.05) is 6.61 Å². The highest BCUT2D eigenvalue weighted by molar-refractivity contribution is 5.91. The maximum Gasteiger partial charge on any atom is 0.387 e. The lowest BCUT2D eigenvalue weighted by molar-refractivity contribution is -0.0498. The summed E-state index contributed by atoms with van der Waals surface area (Å²) in [5, 5.41) is 9.80. The number of nitrogens with zero attached hydrogens (tertiary/aromatic N) is 5. The lowest BCUT2D eigenvalue weighted by atomic mass is 10.1. The lowest BCUT2D eigenvalue weighted by Gasteiger charge is -2.13. The summed E-state index contributed by atoms with van der Waals surface area (Å²) in [5.41, 5.74) is 2.51. The minimum atomic E-state index is -2.94. The first-order valence-corrected chi connectivity index (χ1v) is 11.3. The first kappa shape index (κ1) is 23.4. The van der Waals surface area contributed by atoms with Crippen molar-refractivity contribution in [2.24, 2.45) is 13.0 Å². The van der Waals surface area contributed by atoms with E-state index in [1.807, 2.05) is 39.2 Å². The maximum atomic E-state index is 13.8. The summed E-state index contributed by atoms with van der Waals surface area (Å²) in [4.78, 5) is 18.4. The highest BCUT2D eigenvalue weighted by atomic mass is 19.3. The van der Waals surface area contributed by atoms with E-state index in [-0.39, 0.29) is 17.2 Å². The summed E-state index contributed by atoms with van der Waals surface area (Å²) in [6.45, 7) is 1.56. The average molecular weight is 491 g/mol. The van der Waals surface area contributed by atoms with E-state index in [2.05, 4.69) is 19.9 Å². The fourth-order valence-electron chi connectivity index (χ4n) is 3.90. The van der Waals surface area contributed by atoms with Crippen LogP contribution in [0.3, 0.4) is 0 Å². The molecule has 0 amide bonds. The lowest BCUT2D eigenvalue weighted by Crippen LogP contribution is -2.23.